The zero-order valence-corrected chi connectivity index (χ0v) is 13.6. The van der Waals surface area contributed by atoms with Crippen molar-refractivity contribution in [3.05, 3.63) is 35.4 Å². The molecule has 1 saturated heterocycles. The fourth-order valence-electron chi connectivity index (χ4n) is 2.79. The standard InChI is InChI=1S/C18H29NO2/c1-17(2,3)16-6-4-15(5-7-16)12-19-13-18(14-20)8-10-21-11-9-18/h4-7,19-20H,8-14H2,1-3H3. The van der Waals surface area contributed by atoms with Crippen molar-refractivity contribution in [3.8, 4) is 0 Å². The lowest BCUT2D eigenvalue weighted by Gasteiger charge is -2.35. The zero-order chi connectivity index (χ0) is 15.3. The second-order valence-electron chi connectivity index (χ2n) is 7.32. The van der Waals surface area contributed by atoms with Crippen LogP contribution in [0.3, 0.4) is 0 Å². The Bertz CT molecular complexity index is 428. The highest BCUT2D eigenvalue weighted by atomic mass is 16.5. The van der Waals surface area contributed by atoms with Gasteiger partial charge in [0.25, 0.3) is 0 Å². The summed E-state index contributed by atoms with van der Waals surface area (Å²) in [4.78, 5) is 0. The van der Waals surface area contributed by atoms with Crippen LogP contribution in [0.25, 0.3) is 0 Å². The first-order valence-electron chi connectivity index (χ1n) is 7.94. The molecule has 118 valence electrons. The predicted octanol–water partition coefficient (Wildman–Crippen LogP) is 2.86. The molecule has 1 heterocycles. The zero-order valence-electron chi connectivity index (χ0n) is 13.6. The molecule has 3 heteroatoms. The van der Waals surface area contributed by atoms with E-state index in [0.29, 0.717) is 0 Å². The molecule has 0 spiro atoms. The maximum absolute atomic E-state index is 9.67. The van der Waals surface area contributed by atoms with Crippen molar-refractivity contribution >= 4 is 0 Å². The summed E-state index contributed by atoms with van der Waals surface area (Å²) in [6.45, 7) is 10.2. The van der Waals surface area contributed by atoms with Gasteiger partial charge in [-0.15, -0.1) is 0 Å². The molecule has 2 rings (SSSR count). The van der Waals surface area contributed by atoms with Gasteiger partial charge in [0.05, 0.1) is 6.61 Å². The van der Waals surface area contributed by atoms with Gasteiger partial charge in [-0.05, 0) is 29.4 Å². The van der Waals surface area contributed by atoms with Crippen LogP contribution in [0.4, 0.5) is 0 Å². The summed E-state index contributed by atoms with van der Waals surface area (Å²) >= 11 is 0. The summed E-state index contributed by atoms with van der Waals surface area (Å²) in [7, 11) is 0. The summed E-state index contributed by atoms with van der Waals surface area (Å²) in [5.74, 6) is 0. The number of rotatable bonds is 5. The molecule has 0 radical (unpaired) electrons. The van der Waals surface area contributed by atoms with Crippen molar-refractivity contribution in [2.45, 2.75) is 45.6 Å². The van der Waals surface area contributed by atoms with Crippen molar-refractivity contribution < 1.29 is 9.84 Å². The number of aliphatic hydroxyl groups excluding tert-OH is 1. The molecule has 0 aromatic heterocycles. The average Bonchev–Trinajstić information content (AvgIpc) is 2.48. The minimum absolute atomic E-state index is 0.00357. The minimum atomic E-state index is 0.00357. The molecule has 21 heavy (non-hydrogen) atoms. The Labute approximate surface area is 128 Å². The normalized spacial score (nSPS) is 18.7. The Balaban J connectivity index is 1.85. The monoisotopic (exact) mass is 291 g/mol. The summed E-state index contributed by atoms with van der Waals surface area (Å²) in [5, 5.41) is 13.2. The van der Waals surface area contributed by atoms with Crippen molar-refractivity contribution in [2.75, 3.05) is 26.4 Å². The van der Waals surface area contributed by atoms with E-state index in [0.717, 1.165) is 39.1 Å². The number of nitrogens with one attached hydrogen (secondary N) is 1. The lowest BCUT2D eigenvalue weighted by molar-refractivity contribution is -0.0154. The molecule has 0 bridgehead atoms. The van der Waals surface area contributed by atoms with Gasteiger partial charge in [0.1, 0.15) is 0 Å². The van der Waals surface area contributed by atoms with E-state index in [-0.39, 0.29) is 17.4 Å². The van der Waals surface area contributed by atoms with Crippen LogP contribution in [-0.2, 0) is 16.7 Å². The molecule has 0 unspecified atom stereocenters. The van der Waals surface area contributed by atoms with Gasteiger partial charge in [-0.1, -0.05) is 45.0 Å². The topological polar surface area (TPSA) is 41.5 Å². The van der Waals surface area contributed by atoms with Crippen LogP contribution < -0.4 is 5.32 Å². The molecule has 1 aliphatic heterocycles. The van der Waals surface area contributed by atoms with Gasteiger partial charge >= 0.3 is 0 Å². The van der Waals surface area contributed by atoms with Crippen LogP contribution in [0, 0.1) is 5.41 Å². The van der Waals surface area contributed by atoms with Crippen LogP contribution >= 0.6 is 0 Å². The van der Waals surface area contributed by atoms with Crippen LogP contribution in [0.1, 0.15) is 44.7 Å². The molecule has 0 atom stereocenters. The Morgan fingerprint density at radius 2 is 1.76 bits per heavy atom. The molecule has 1 aromatic rings. The number of aliphatic hydroxyl groups is 1. The van der Waals surface area contributed by atoms with E-state index >= 15 is 0 Å². The fourth-order valence-corrected chi connectivity index (χ4v) is 2.79. The Morgan fingerprint density at radius 1 is 1.14 bits per heavy atom. The maximum Gasteiger partial charge on any atom is 0.0501 e. The smallest absolute Gasteiger partial charge is 0.0501 e. The van der Waals surface area contributed by atoms with Gasteiger partial charge in [-0.25, -0.2) is 0 Å². The molecule has 1 aromatic carbocycles. The van der Waals surface area contributed by atoms with Gasteiger partial charge in [-0.2, -0.15) is 0 Å². The first-order chi connectivity index (χ1) is 9.95. The molecule has 0 saturated carbocycles. The third-order valence-electron chi connectivity index (χ3n) is 4.54. The van der Waals surface area contributed by atoms with Crippen molar-refractivity contribution in [2.24, 2.45) is 5.41 Å². The summed E-state index contributed by atoms with van der Waals surface area (Å²) in [5.41, 5.74) is 2.86. The first-order valence-corrected chi connectivity index (χ1v) is 7.94. The summed E-state index contributed by atoms with van der Waals surface area (Å²) < 4.78 is 5.40. The Kier molecular flexibility index (Phi) is 5.42. The SMILES string of the molecule is CC(C)(C)c1ccc(CNCC2(CO)CCOCC2)cc1. The molecule has 3 nitrogen and oxygen atoms in total. The Morgan fingerprint density at radius 3 is 2.29 bits per heavy atom. The molecule has 1 aliphatic rings. The van der Waals surface area contributed by atoms with Crippen molar-refractivity contribution in [1.29, 1.82) is 0 Å². The van der Waals surface area contributed by atoms with Crippen LogP contribution in [0.5, 0.6) is 0 Å². The van der Waals surface area contributed by atoms with Gasteiger partial charge in [0.2, 0.25) is 0 Å². The minimum Gasteiger partial charge on any atom is -0.396 e. The van der Waals surface area contributed by atoms with Crippen LogP contribution in [-0.4, -0.2) is 31.5 Å². The molecular formula is C18H29NO2. The summed E-state index contributed by atoms with van der Waals surface area (Å²) in [6, 6.07) is 8.83. The highest BCUT2D eigenvalue weighted by molar-refractivity contribution is 5.27. The first kappa shape index (κ1) is 16.5. The second-order valence-corrected chi connectivity index (χ2v) is 7.32. The van der Waals surface area contributed by atoms with E-state index in [1.54, 1.807) is 0 Å². The fraction of sp³-hybridized carbons (Fsp3) is 0.667. The highest BCUT2D eigenvalue weighted by Gasteiger charge is 2.31. The van der Waals surface area contributed by atoms with E-state index in [1.165, 1.54) is 11.1 Å². The predicted molar refractivity (Wildman–Crippen MR) is 86.4 cm³/mol. The number of benzene rings is 1. The number of ether oxygens (including phenoxy) is 1. The van der Waals surface area contributed by atoms with E-state index < -0.39 is 0 Å². The van der Waals surface area contributed by atoms with Crippen molar-refractivity contribution in [3.63, 3.8) is 0 Å². The van der Waals surface area contributed by atoms with E-state index in [1.807, 2.05) is 0 Å². The quantitative estimate of drug-likeness (QED) is 0.876. The number of hydrogen-bond acceptors (Lipinski definition) is 3. The molecular weight excluding hydrogens is 262 g/mol. The number of hydrogen-bond donors (Lipinski definition) is 2. The van der Waals surface area contributed by atoms with Gasteiger partial charge in [0.15, 0.2) is 0 Å². The molecule has 1 fully saturated rings. The van der Waals surface area contributed by atoms with E-state index in [9.17, 15) is 5.11 Å². The van der Waals surface area contributed by atoms with Crippen molar-refractivity contribution in [1.82, 2.24) is 5.32 Å². The lowest BCUT2D eigenvalue weighted by atomic mass is 9.81. The second kappa shape index (κ2) is 6.91. The van der Waals surface area contributed by atoms with Gasteiger partial charge < -0.3 is 15.2 Å². The third-order valence-corrected chi connectivity index (χ3v) is 4.54. The highest BCUT2D eigenvalue weighted by Crippen LogP contribution is 2.29. The Hall–Kier alpha value is -0.900. The van der Waals surface area contributed by atoms with Crippen LogP contribution in [0.15, 0.2) is 24.3 Å². The average molecular weight is 291 g/mol. The molecule has 0 aliphatic carbocycles. The maximum atomic E-state index is 9.67. The van der Waals surface area contributed by atoms with E-state index in [4.69, 9.17) is 4.74 Å². The van der Waals surface area contributed by atoms with Gasteiger partial charge in [0, 0.05) is 31.7 Å². The molecule has 2 N–H and O–H groups in total. The van der Waals surface area contributed by atoms with Crippen LogP contribution in [0.2, 0.25) is 0 Å². The lowest BCUT2D eigenvalue weighted by Crippen LogP contribution is -2.41. The van der Waals surface area contributed by atoms with E-state index in [2.05, 4.69) is 50.4 Å². The van der Waals surface area contributed by atoms with Gasteiger partial charge in [-0.3, -0.25) is 0 Å². The molecule has 0 amide bonds. The largest absolute Gasteiger partial charge is 0.396 e. The third kappa shape index (κ3) is 4.53. The summed E-state index contributed by atoms with van der Waals surface area (Å²) in [6.07, 6.45) is 1.89.